The van der Waals surface area contributed by atoms with Gasteiger partial charge in [0.25, 0.3) is 0 Å². The second-order valence-corrected chi connectivity index (χ2v) is 4.80. The van der Waals surface area contributed by atoms with Crippen LogP contribution in [-0.2, 0) is 19.4 Å². The van der Waals surface area contributed by atoms with Gasteiger partial charge in [-0.15, -0.1) is 0 Å². The molecule has 0 saturated carbocycles. The van der Waals surface area contributed by atoms with E-state index in [-0.39, 0.29) is 6.10 Å². The van der Waals surface area contributed by atoms with Gasteiger partial charge in [-0.2, -0.15) is 0 Å². The molecule has 3 heteroatoms. The lowest BCUT2D eigenvalue weighted by atomic mass is 10.1. The normalized spacial score (nSPS) is 17.5. The lowest BCUT2D eigenvalue weighted by Crippen LogP contribution is -2.21. The number of hydrogen-bond donors (Lipinski definition) is 0. The van der Waals surface area contributed by atoms with Gasteiger partial charge in [0.05, 0.1) is 6.54 Å². The van der Waals surface area contributed by atoms with Gasteiger partial charge in [0.15, 0.2) is 0 Å². The highest BCUT2D eigenvalue weighted by Gasteiger charge is 2.23. The summed E-state index contributed by atoms with van der Waals surface area (Å²) < 4.78 is 8.19. The van der Waals surface area contributed by atoms with Gasteiger partial charge in [-0.25, -0.2) is 4.98 Å². The molecule has 3 rings (SSSR count). The highest BCUT2D eigenvalue weighted by Crippen LogP contribution is 2.28. The molecule has 0 aliphatic carbocycles. The molecule has 1 unspecified atom stereocenters. The molecular formula is C15H18N2O. The molecule has 0 radical (unpaired) electrons. The Kier molecular flexibility index (Phi) is 3.05. The number of para-hydroxylation sites is 1. The van der Waals surface area contributed by atoms with E-state index in [9.17, 15) is 0 Å². The van der Waals surface area contributed by atoms with Crippen LogP contribution in [0.1, 0.15) is 24.7 Å². The Balaban J connectivity index is 1.70. The topological polar surface area (TPSA) is 27.1 Å². The first-order chi connectivity index (χ1) is 8.86. The minimum absolute atomic E-state index is 0.243. The minimum atomic E-state index is 0.243. The SMILES string of the molecule is CCCc1nccn1CC1Cc2ccccc2O1. The number of benzene rings is 1. The van der Waals surface area contributed by atoms with Gasteiger partial charge < -0.3 is 9.30 Å². The fraction of sp³-hybridized carbons (Fsp3) is 0.400. The molecule has 94 valence electrons. The number of fused-ring (bicyclic) bond motifs is 1. The number of rotatable bonds is 4. The van der Waals surface area contributed by atoms with Crippen LogP contribution in [0, 0.1) is 0 Å². The van der Waals surface area contributed by atoms with E-state index in [0.717, 1.165) is 37.4 Å². The van der Waals surface area contributed by atoms with E-state index in [2.05, 4.69) is 40.9 Å². The van der Waals surface area contributed by atoms with E-state index in [1.807, 2.05) is 12.3 Å². The van der Waals surface area contributed by atoms with Crippen LogP contribution in [0.2, 0.25) is 0 Å². The molecule has 3 nitrogen and oxygen atoms in total. The smallest absolute Gasteiger partial charge is 0.123 e. The molecular weight excluding hydrogens is 224 g/mol. The summed E-state index contributed by atoms with van der Waals surface area (Å²) >= 11 is 0. The van der Waals surface area contributed by atoms with Gasteiger partial charge in [0, 0.05) is 25.2 Å². The maximum absolute atomic E-state index is 5.96. The third-order valence-electron chi connectivity index (χ3n) is 3.39. The van der Waals surface area contributed by atoms with Crippen molar-refractivity contribution in [2.45, 2.75) is 38.8 Å². The molecule has 1 aliphatic rings. The third-order valence-corrected chi connectivity index (χ3v) is 3.39. The van der Waals surface area contributed by atoms with E-state index < -0.39 is 0 Å². The van der Waals surface area contributed by atoms with Crippen molar-refractivity contribution in [2.24, 2.45) is 0 Å². The number of aromatic nitrogens is 2. The van der Waals surface area contributed by atoms with Crippen molar-refractivity contribution < 1.29 is 4.74 Å². The van der Waals surface area contributed by atoms with Crippen LogP contribution in [0.5, 0.6) is 5.75 Å². The largest absolute Gasteiger partial charge is 0.488 e. The first-order valence-corrected chi connectivity index (χ1v) is 6.61. The summed E-state index contributed by atoms with van der Waals surface area (Å²) in [5.74, 6) is 2.21. The molecule has 2 aromatic rings. The summed E-state index contributed by atoms with van der Waals surface area (Å²) in [6, 6.07) is 8.30. The van der Waals surface area contributed by atoms with Crippen molar-refractivity contribution >= 4 is 0 Å². The van der Waals surface area contributed by atoms with Gasteiger partial charge >= 0.3 is 0 Å². The molecule has 1 aliphatic heterocycles. The maximum Gasteiger partial charge on any atom is 0.123 e. The summed E-state index contributed by atoms with van der Waals surface area (Å²) in [6.45, 7) is 3.07. The Bertz CT molecular complexity index is 508. The predicted molar refractivity (Wildman–Crippen MR) is 70.8 cm³/mol. The number of nitrogens with zero attached hydrogens (tertiary/aromatic N) is 2. The molecule has 0 bridgehead atoms. The minimum Gasteiger partial charge on any atom is -0.488 e. The van der Waals surface area contributed by atoms with Crippen molar-refractivity contribution in [3.8, 4) is 5.75 Å². The van der Waals surface area contributed by atoms with E-state index in [1.54, 1.807) is 0 Å². The predicted octanol–water partition coefficient (Wildman–Crippen LogP) is 2.84. The molecule has 0 fully saturated rings. The Labute approximate surface area is 107 Å². The van der Waals surface area contributed by atoms with Crippen molar-refractivity contribution in [1.29, 1.82) is 0 Å². The second kappa shape index (κ2) is 4.84. The Morgan fingerprint density at radius 3 is 3.11 bits per heavy atom. The van der Waals surface area contributed by atoms with Crippen LogP contribution in [0.25, 0.3) is 0 Å². The molecule has 1 aromatic carbocycles. The molecule has 2 heterocycles. The number of ether oxygens (including phenoxy) is 1. The standard InChI is InChI=1S/C15H18N2O/c1-2-5-15-16-8-9-17(15)11-13-10-12-6-3-4-7-14(12)18-13/h3-4,6-9,13H,2,5,10-11H2,1H3. The summed E-state index contributed by atoms with van der Waals surface area (Å²) in [5, 5.41) is 0. The summed E-state index contributed by atoms with van der Waals surface area (Å²) in [4.78, 5) is 4.40. The quantitative estimate of drug-likeness (QED) is 0.824. The van der Waals surface area contributed by atoms with E-state index in [0.29, 0.717) is 0 Å². The van der Waals surface area contributed by atoms with Crippen LogP contribution in [0.3, 0.4) is 0 Å². The average molecular weight is 242 g/mol. The van der Waals surface area contributed by atoms with Gasteiger partial charge in [0.2, 0.25) is 0 Å². The van der Waals surface area contributed by atoms with Crippen LogP contribution in [-0.4, -0.2) is 15.7 Å². The van der Waals surface area contributed by atoms with Crippen molar-refractivity contribution in [2.75, 3.05) is 0 Å². The summed E-state index contributed by atoms with van der Waals surface area (Å²) in [5.41, 5.74) is 1.32. The van der Waals surface area contributed by atoms with Crippen molar-refractivity contribution in [1.82, 2.24) is 9.55 Å². The zero-order valence-electron chi connectivity index (χ0n) is 10.7. The third kappa shape index (κ3) is 2.13. The zero-order valence-corrected chi connectivity index (χ0v) is 10.7. The van der Waals surface area contributed by atoms with Crippen LogP contribution >= 0.6 is 0 Å². The molecule has 18 heavy (non-hydrogen) atoms. The fourth-order valence-corrected chi connectivity index (χ4v) is 2.53. The van der Waals surface area contributed by atoms with E-state index >= 15 is 0 Å². The number of imidazole rings is 1. The van der Waals surface area contributed by atoms with Crippen molar-refractivity contribution in [3.63, 3.8) is 0 Å². The average Bonchev–Trinajstić information content (AvgIpc) is 2.97. The van der Waals surface area contributed by atoms with Crippen LogP contribution in [0.4, 0.5) is 0 Å². The fourth-order valence-electron chi connectivity index (χ4n) is 2.53. The van der Waals surface area contributed by atoms with Gasteiger partial charge in [-0.1, -0.05) is 25.1 Å². The van der Waals surface area contributed by atoms with Crippen LogP contribution in [0.15, 0.2) is 36.7 Å². The van der Waals surface area contributed by atoms with Crippen LogP contribution < -0.4 is 4.74 Å². The summed E-state index contributed by atoms with van der Waals surface area (Å²) in [6.07, 6.45) is 7.34. The Morgan fingerprint density at radius 2 is 2.28 bits per heavy atom. The maximum atomic E-state index is 5.96. The van der Waals surface area contributed by atoms with Gasteiger partial charge in [0.1, 0.15) is 17.7 Å². The monoisotopic (exact) mass is 242 g/mol. The van der Waals surface area contributed by atoms with Gasteiger partial charge in [-0.05, 0) is 18.1 Å². The first-order valence-electron chi connectivity index (χ1n) is 6.61. The molecule has 1 aromatic heterocycles. The zero-order chi connectivity index (χ0) is 12.4. The lowest BCUT2D eigenvalue weighted by molar-refractivity contribution is 0.207. The molecule has 0 spiro atoms. The van der Waals surface area contributed by atoms with Gasteiger partial charge in [-0.3, -0.25) is 0 Å². The van der Waals surface area contributed by atoms with E-state index in [4.69, 9.17) is 4.74 Å². The Morgan fingerprint density at radius 1 is 1.39 bits per heavy atom. The Hall–Kier alpha value is -1.77. The molecule has 0 saturated heterocycles. The number of aryl methyl sites for hydroxylation is 1. The summed E-state index contributed by atoms with van der Waals surface area (Å²) in [7, 11) is 0. The highest BCUT2D eigenvalue weighted by molar-refractivity contribution is 5.37. The highest BCUT2D eigenvalue weighted by atomic mass is 16.5. The van der Waals surface area contributed by atoms with E-state index in [1.165, 1.54) is 5.56 Å². The number of hydrogen-bond acceptors (Lipinski definition) is 2. The first kappa shape index (κ1) is 11.3. The molecule has 1 atom stereocenters. The van der Waals surface area contributed by atoms with Crippen molar-refractivity contribution in [3.05, 3.63) is 48.0 Å². The second-order valence-electron chi connectivity index (χ2n) is 4.80. The lowest BCUT2D eigenvalue weighted by Gasteiger charge is -2.13. The molecule has 0 N–H and O–H groups in total. The molecule has 0 amide bonds.